The average molecular weight is 430 g/mol. The summed E-state index contributed by atoms with van der Waals surface area (Å²) < 4.78 is 0. The molecule has 154 valence electrons. The molecule has 1 fully saturated rings. The van der Waals surface area contributed by atoms with E-state index < -0.39 is 0 Å². The van der Waals surface area contributed by atoms with Crippen LogP contribution in [-0.2, 0) is 16.0 Å². The van der Waals surface area contributed by atoms with Crippen LogP contribution in [0.1, 0.15) is 11.1 Å². The first-order chi connectivity index (χ1) is 15.1. The third-order valence-corrected chi connectivity index (χ3v) is 5.39. The summed E-state index contributed by atoms with van der Waals surface area (Å²) in [7, 11) is 0. The third-order valence-electron chi connectivity index (χ3n) is 4.42. The Morgan fingerprint density at radius 2 is 1.61 bits per heavy atom. The Labute approximate surface area is 183 Å². The molecular formula is C24H19N3O3S. The van der Waals surface area contributed by atoms with Crippen LogP contribution >= 0.6 is 11.8 Å². The lowest BCUT2D eigenvalue weighted by molar-refractivity contribution is -0.132. The molecule has 6 nitrogen and oxygen atoms in total. The molecule has 0 spiro atoms. The van der Waals surface area contributed by atoms with Gasteiger partial charge in [-0.05, 0) is 53.2 Å². The van der Waals surface area contributed by atoms with Crippen molar-refractivity contribution >= 4 is 40.5 Å². The number of para-hydroxylation sites is 1. The van der Waals surface area contributed by atoms with Crippen molar-refractivity contribution in [3.05, 3.63) is 101 Å². The summed E-state index contributed by atoms with van der Waals surface area (Å²) in [6.07, 6.45) is 1.85. The summed E-state index contributed by atoms with van der Waals surface area (Å²) >= 11 is 1.18. The van der Waals surface area contributed by atoms with Crippen LogP contribution in [0.15, 0.2) is 94.8 Å². The average Bonchev–Trinajstić information content (AvgIpc) is 3.05. The van der Waals surface area contributed by atoms with E-state index in [9.17, 15) is 14.7 Å². The molecule has 2 N–H and O–H groups in total. The van der Waals surface area contributed by atoms with Gasteiger partial charge in [-0.25, -0.2) is 4.99 Å². The van der Waals surface area contributed by atoms with Crippen LogP contribution in [0.4, 0.5) is 5.69 Å². The van der Waals surface area contributed by atoms with Gasteiger partial charge >= 0.3 is 0 Å². The number of benzene rings is 3. The van der Waals surface area contributed by atoms with E-state index in [-0.39, 0.29) is 24.0 Å². The van der Waals surface area contributed by atoms with Gasteiger partial charge in [0, 0.05) is 0 Å². The molecule has 3 aromatic rings. The fourth-order valence-corrected chi connectivity index (χ4v) is 3.87. The molecule has 1 saturated heterocycles. The zero-order chi connectivity index (χ0) is 21.6. The normalized spacial score (nSPS) is 16.1. The van der Waals surface area contributed by atoms with E-state index in [0.29, 0.717) is 15.8 Å². The highest BCUT2D eigenvalue weighted by molar-refractivity contribution is 8.18. The predicted octanol–water partition coefficient (Wildman–Crippen LogP) is 4.27. The molecule has 2 amide bonds. The van der Waals surface area contributed by atoms with Gasteiger partial charge in [-0.1, -0.05) is 60.7 Å². The monoisotopic (exact) mass is 429 g/mol. The second-order valence-electron chi connectivity index (χ2n) is 6.77. The maximum atomic E-state index is 13.1. The molecule has 0 aliphatic carbocycles. The first-order valence-corrected chi connectivity index (χ1v) is 10.4. The summed E-state index contributed by atoms with van der Waals surface area (Å²) in [6.45, 7) is 0. The molecule has 1 aliphatic heterocycles. The van der Waals surface area contributed by atoms with Gasteiger partial charge in [0.25, 0.3) is 5.91 Å². The van der Waals surface area contributed by atoms with Gasteiger partial charge in [0.1, 0.15) is 5.75 Å². The maximum Gasteiger partial charge on any atom is 0.285 e. The minimum absolute atomic E-state index is 0.144. The first-order valence-electron chi connectivity index (χ1n) is 9.59. The lowest BCUT2D eigenvalue weighted by Crippen LogP contribution is -2.46. The molecule has 31 heavy (non-hydrogen) atoms. The minimum Gasteiger partial charge on any atom is -0.508 e. The van der Waals surface area contributed by atoms with Gasteiger partial charge in [0.05, 0.1) is 17.0 Å². The van der Waals surface area contributed by atoms with Crippen LogP contribution < -0.4 is 5.43 Å². The fraction of sp³-hybridized carbons (Fsp3) is 0.0417. The number of nitrogens with zero attached hydrogens (tertiary/aromatic N) is 2. The van der Waals surface area contributed by atoms with Gasteiger partial charge in [-0.3, -0.25) is 15.0 Å². The number of hydrogen-bond donors (Lipinski definition) is 2. The number of amidine groups is 1. The highest BCUT2D eigenvalue weighted by Gasteiger charge is 2.35. The number of amides is 2. The number of phenols is 1. The van der Waals surface area contributed by atoms with E-state index >= 15 is 0 Å². The highest BCUT2D eigenvalue weighted by atomic mass is 32.2. The van der Waals surface area contributed by atoms with Crippen molar-refractivity contribution in [1.82, 2.24) is 10.4 Å². The van der Waals surface area contributed by atoms with E-state index in [2.05, 4.69) is 10.4 Å². The van der Waals surface area contributed by atoms with Crippen LogP contribution in [0, 0.1) is 0 Å². The Hall–Kier alpha value is -3.84. The van der Waals surface area contributed by atoms with E-state index in [1.54, 1.807) is 30.3 Å². The Morgan fingerprint density at radius 3 is 2.29 bits per heavy atom. The molecular weight excluding hydrogens is 410 g/mol. The summed E-state index contributed by atoms with van der Waals surface area (Å²) in [4.78, 5) is 30.6. The largest absolute Gasteiger partial charge is 0.508 e. The van der Waals surface area contributed by atoms with Crippen molar-refractivity contribution in [2.75, 3.05) is 0 Å². The minimum atomic E-state index is -0.367. The number of carbonyl (C=O) groups excluding carboxylic acids is 2. The summed E-state index contributed by atoms with van der Waals surface area (Å²) in [5.41, 5.74) is 4.96. The Balaban J connectivity index is 1.60. The van der Waals surface area contributed by atoms with Crippen LogP contribution in [0.5, 0.6) is 5.75 Å². The number of aliphatic imine (C=N–C) groups is 1. The van der Waals surface area contributed by atoms with Gasteiger partial charge in [0.15, 0.2) is 5.17 Å². The standard InChI is InChI=1S/C24H19N3O3S/c28-20-13-11-18(12-14-20)15-21-23(30)27(24(31-21)25-19-9-5-2-6-10-19)26-22(29)16-17-7-3-1-4-8-17/h1-15,28H,16H2,(H,26,29)/b21-15+,25-24?. The molecule has 3 aromatic carbocycles. The quantitative estimate of drug-likeness (QED) is 0.594. The molecule has 7 heteroatoms. The number of thioether (sulfide) groups is 1. The van der Waals surface area contributed by atoms with Crippen LogP contribution in [-0.4, -0.2) is 27.1 Å². The molecule has 0 bridgehead atoms. The topological polar surface area (TPSA) is 82.0 Å². The number of phenolic OH excluding ortho intramolecular Hbond substituents is 1. The van der Waals surface area contributed by atoms with Crippen molar-refractivity contribution < 1.29 is 14.7 Å². The van der Waals surface area contributed by atoms with Crippen LogP contribution in [0.3, 0.4) is 0 Å². The smallest absolute Gasteiger partial charge is 0.285 e. The molecule has 0 atom stereocenters. The van der Waals surface area contributed by atoms with Crippen molar-refractivity contribution in [2.45, 2.75) is 6.42 Å². The second-order valence-corrected chi connectivity index (χ2v) is 7.78. The summed E-state index contributed by atoms with van der Waals surface area (Å²) in [5.74, 6) is -0.533. The number of aromatic hydroxyl groups is 1. The highest BCUT2D eigenvalue weighted by Crippen LogP contribution is 2.33. The van der Waals surface area contributed by atoms with Crippen LogP contribution in [0.25, 0.3) is 6.08 Å². The lowest BCUT2D eigenvalue weighted by Gasteiger charge is -2.16. The molecule has 0 saturated carbocycles. The van der Waals surface area contributed by atoms with Crippen molar-refractivity contribution in [3.63, 3.8) is 0 Å². The van der Waals surface area contributed by atoms with Crippen molar-refractivity contribution in [2.24, 2.45) is 4.99 Å². The van der Waals surface area contributed by atoms with Gasteiger partial charge in [0.2, 0.25) is 5.91 Å². The number of hydrogen-bond acceptors (Lipinski definition) is 5. The summed E-state index contributed by atoms with van der Waals surface area (Å²) in [5, 5.41) is 11.0. The molecule has 1 heterocycles. The number of nitrogens with one attached hydrogen (secondary N) is 1. The van der Waals surface area contributed by atoms with Crippen LogP contribution in [0.2, 0.25) is 0 Å². The zero-order valence-electron chi connectivity index (χ0n) is 16.4. The second kappa shape index (κ2) is 9.32. The first kappa shape index (κ1) is 20.4. The SMILES string of the molecule is O=C(Cc1ccccc1)NN1C(=O)/C(=C\c2ccc(O)cc2)SC1=Nc1ccccc1. The molecule has 0 aromatic heterocycles. The Morgan fingerprint density at radius 1 is 0.968 bits per heavy atom. The van der Waals surface area contributed by atoms with Crippen molar-refractivity contribution in [3.8, 4) is 5.75 Å². The molecule has 1 aliphatic rings. The maximum absolute atomic E-state index is 13.1. The van der Waals surface area contributed by atoms with Gasteiger partial charge in [-0.2, -0.15) is 5.01 Å². The number of carbonyl (C=O) groups is 2. The predicted molar refractivity (Wildman–Crippen MR) is 122 cm³/mol. The Bertz CT molecular complexity index is 1140. The number of rotatable bonds is 5. The van der Waals surface area contributed by atoms with E-state index in [1.165, 1.54) is 16.8 Å². The molecule has 0 radical (unpaired) electrons. The fourth-order valence-electron chi connectivity index (χ4n) is 2.93. The van der Waals surface area contributed by atoms with E-state index in [4.69, 9.17) is 0 Å². The third kappa shape index (κ3) is 5.21. The summed E-state index contributed by atoms with van der Waals surface area (Å²) in [6, 6.07) is 25.1. The number of hydrazine groups is 1. The van der Waals surface area contributed by atoms with E-state index in [0.717, 1.165) is 11.1 Å². The molecule has 4 rings (SSSR count). The van der Waals surface area contributed by atoms with Gasteiger partial charge < -0.3 is 5.11 Å². The lowest BCUT2D eigenvalue weighted by atomic mass is 10.1. The van der Waals surface area contributed by atoms with Gasteiger partial charge in [-0.15, -0.1) is 0 Å². The Kier molecular flexibility index (Phi) is 6.14. The molecule has 0 unspecified atom stereocenters. The zero-order valence-corrected chi connectivity index (χ0v) is 17.3. The van der Waals surface area contributed by atoms with E-state index in [1.807, 2.05) is 60.7 Å². The van der Waals surface area contributed by atoms with Crippen molar-refractivity contribution in [1.29, 1.82) is 0 Å².